The van der Waals surface area contributed by atoms with Gasteiger partial charge in [0.15, 0.2) is 11.5 Å². The zero-order valence-corrected chi connectivity index (χ0v) is 23.2. The molecule has 206 valence electrons. The van der Waals surface area contributed by atoms with Crippen molar-refractivity contribution in [3.63, 3.8) is 0 Å². The highest BCUT2D eigenvalue weighted by Crippen LogP contribution is 2.36. The van der Waals surface area contributed by atoms with Gasteiger partial charge in [-0.2, -0.15) is 0 Å². The predicted octanol–water partition coefficient (Wildman–Crippen LogP) is 3.61. The Labute approximate surface area is 233 Å². The maximum atomic E-state index is 14.0. The third-order valence-corrected chi connectivity index (χ3v) is 7.60. The van der Waals surface area contributed by atoms with E-state index in [2.05, 4.69) is 5.32 Å². The van der Waals surface area contributed by atoms with Gasteiger partial charge in [-0.1, -0.05) is 54.1 Å². The van der Waals surface area contributed by atoms with Crippen LogP contribution in [0.4, 0.5) is 5.69 Å². The number of benzene rings is 3. The lowest BCUT2D eigenvalue weighted by molar-refractivity contribution is -0.140. The molecule has 1 aliphatic rings. The van der Waals surface area contributed by atoms with Crippen LogP contribution in [0.3, 0.4) is 0 Å². The Hall–Kier alpha value is -3.76. The molecule has 0 aliphatic carbocycles. The smallest absolute Gasteiger partial charge is 0.244 e. The summed E-state index contributed by atoms with van der Waals surface area (Å²) in [6.07, 6.45) is 1.27. The van der Waals surface area contributed by atoms with E-state index >= 15 is 0 Å². The number of hydrogen-bond donors (Lipinski definition) is 1. The number of hydrogen-bond acceptors (Lipinski definition) is 6. The van der Waals surface area contributed by atoms with Crippen molar-refractivity contribution in [1.82, 2.24) is 10.2 Å². The molecule has 0 unspecified atom stereocenters. The Kier molecular flexibility index (Phi) is 8.98. The molecule has 3 aromatic rings. The molecule has 0 bridgehead atoms. The number of carbonyl (C=O) groups excluding carboxylic acids is 2. The molecule has 0 saturated carbocycles. The molecule has 1 heterocycles. The molecule has 9 nitrogen and oxygen atoms in total. The fourth-order valence-electron chi connectivity index (χ4n) is 4.29. The van der Waals surface area contributed by atoms with Crippen molar-refractivity contribution in [3.05, 3.63) is 88.9 Å². The normalized spacial score (nSPS) is 13.0. The van der Waals surface area contributed by atoms with Crippen LogP contribution in [0, 0.1) is 0 Å². The van der Waals surface area contributed by atoms with Crippen LogP contribution in [0.2, 0.25) is 5.02 Å². The molecule has 0 spiro atoms. The number of halogens is 1. The number of fused-ring (bicyclic) bond motifs is 1. The van der Waals surface area contributed by atoms with E-state index in [1.54, 1.807) is 43.3 Å². The molecule has 4 rings (SSSR count). The van der Waals surface area contributed by atoms with Gasteiger partial charge in [0.05, 0.1) is 11.9 Å². The maximum absolute atomic E-state index is 14.0. The van der Waals surface area contributed by atoms with Gasteiger partial charge < -0.3 is 19.7 Å². The van der Waals surface area contributed by atoms with Crippen LogP contribution in [0.25, 0.3) is 0 Å². The van der Waals surface area contributed by atoms with Crippen molar-refractivity contribution < 1.29 is 27.5 Å². The summed E-state index contributed by atoms with van der Waals surface area (Å²) in [5.74, 6) is -0.00386. The van der Waals surface area contributed by atoms with Gasteiger partial charge in [-0.25, -0.2) is 8.42 Å². The zero-order valence-electron chi connectivity index (χ0n) is 21.7. The van der Waals surface area contributed by atoms with E-state index in [-0.39, 0.29) is 31.4 Å². The van der Waals surface area contributed by atoms with E-state index in [4.69, 9.17) is 21.1 Å². The standard InChI is InChI=1S/C28H30ClN3O6S/c1-3-30-28(34)24(15-20-7-5-4-6-8-20)31(17-21-9-11-22(29)12-10-21)27(33)18-32(39(2,35)36)23-13-14-25-26(16-23)38-19-37-25/h4-14,16,24H,3,15,17-19H2,1-2H3,(H,30,34)/t24-/m0/s1. The van der Waals surface area contributed by atoms with Crippen molar-refractivity contribution >= 4 is 39.1 Å². The highest BCUT2D eigenvalue weighted by atomic mass is 35.5. The van der Waals surface area contributed by atoms with Gasteiger partial charge >= 0.3 is 0 Å². The second kappa shape index (κ2) is 12.4. The summed E-state index contributed by atoms with van der Waals surface area (Å²) in [4.78, 5) is 28.7. The van der Waals surface area contributed by atoms with Gasteiger partial charge in [0.25, 0.3) is 0 Å². The van der Waals surface area contributed by atoms with E-state index in [0.717, 1.165) is 21.7 Å². The average molecular weight is 572 g/mol. The number of likely N-dealkylation sites (N-methyl/N-ethyl adjacent to an activating group) is 1. The first kappa shape index (κ1) is 28.3. The van der Waals surface area contributed by atoms with E-state index in [1.165, 1.54) is 11.0 Å². The summed E-state index contributed by atoms with van der Waals surface area (Å²) < 4.78 is 37.5. The quantitative estimate of drug-likeness (QED) is 0.377. The molecule has 0 aromatic heterocycles. The fraction of sp³-hybridized carbons (Fsp3) is 0.286. The Bertz CT molecular complexity index is 1420. The predicted molar refractivity (Wildman–Crippen MR) is 149 cm³/mol. The molecule has 39 heavy (non-hydrogen) atoms. The molecule has 0 saturated heterocycles. The topological polar surface area (TPSA) is 105 Å². The molecular weight excluding hydrogens is 542 g/mol. The molecule has 1 atom stereocenters. The lowest BCUT2D eigenvalue weighted by Gasteiger charge is -2.33. The van der Waals surface area contributed by atoms with Gasteiger partial charge in [0.1, 0.15) is 12.6 Å². The van der Waals surface area contributed by atoms with Crippen molar-refractivity contribution in [3.8, 4) is 11.5 Å². The van der Waals surface area contributed by atoms with Gasteiger partial charge in [-0.15, -0.1) is 0 Å². The number of rotatable bonds is 11. The van der Waals surface area contributed by atoms with E-state index in [9.17, 15) is 18.0 Å². The third kappa shape index (κ3) is 7.21. The van der Waals surface area contributed by atoms with Crippen LogP contribution in [-0.4, -0.2) is 57.3 Å². The van der Waals surface area contributed by atoms with Crippen molar-refractivity contribution in [2.45, 2.75) is 25.9 Å². The lowest BCUT2D eigenvalue weighted by Crippen LogP contribution is -2.53. The molecular formula is C28H30ClN3O6S. The number of amides is 2. The van der Waals surface area contributed by atoms with Crippen LogP contribution >= 0.6 is 11.6 Å². The highest BCUT2D eigenvalue weighted by Gasteiger charge is 2.33. The van der Waals surface area contributed by atoms with Crippen LogP contribution in [0.5, 0.6) is 11.5 Å². The largest absolute Gasteiger partial charge is 0.454 e. The van der Waals surface area contributed by atoms with Crippen LogP contribution in [0.1, 0.15) is 18.1 Å². The van der Waals surface area contributed by atoms with Crippen LogP contribution in [-0.2, 0) is 32.6 Å². The fourth-order valence-corrected chi connectivity index (χ4v) is 5.25. The molecule has 11 heteroatoms. The molecule has 3 aromatic carbocycles. The Morgan fingerprint density at radius 2 is 1.67 bits per heavy atom. The number of anilines is 1. The molecule has 0 fully saturated rings. The van der Waals surface area contributed by atoms with Crippen LogP contribution < -0.4 is 19.1 Å². The van der Waals surface area contributed by atoms with E-state index in [1.807, 2.05) is 30.3 Å². The molecule has 1 N–H and O–H groups in total. The summed E-state index contributed by atoms with van der Waals surface area (Å²) in [5.41, 5.74) is 1.85. The molecule has 0 radical (unpaired) electrons. The lowest BCUT2D eigenvalue weighted by atomic mass is 10.0. The monoisotopic (exact) mass is 571 g/mol. The highest BCUT2D eigenvalue weighted by molar-refractivity contribution is 7.92. The number of sulfonamides is 1. The SMILES string of the molecule is CCNC(=O)[C@H](Cc1ccccc1)N(Cc1ccc(Cl)cc1)C(=O)CN(c1ccc2c(c1)OCO2)S(C)(=O)=O. The summed E-state index contributed by atoms with van der Waals surface area (Å²) in [6.45, 7) is 1.76. The van der Waals surface area contributed by atoms with Crippen molar-refractivity contribution in [1.29, 1.82) is 0 Å². The number of carbonyl (C=O) groups is 2. The minimum atomic E-state index is -3.89. The average Bonchev–Trinajstić information content (AvgIpc) is 3.38. The summed E-state index contributed by atoms with van der Waals surface area (Å²) >= 11 is 6.06. The second-order valence-corrected chi connectivity index (χ2v) is 11.4. The summed E-state index contributed by atoms with van der Waals surface area (Å²) in [7, 11) is -3.89. The number of nitrogens with one attached hydrogen (secondary N) is 1. The van der Waals surface area contributed by atoms with E-state index in [0.29, 0.717) is 23.1 Å². The van der Waals surface area contributed by atoms with Crippen molar-refractivity contribution in [2.24, 2.45) is 0 Å². The number of nitrogens with zero attached hydrogens (tertiary/aromatic N) is 2. The van der Waals surface area contributed by atoms with Crippen molar-refractivity contribution in [2.75, 3.05) is 30.4 Å². The number of ether oxygens (including phenoxy) is 2. The van der Waals surface area contributed by atoms with Gasteiger partial charge in [0.2, 0.25) is 28.6 Å². The summed E-state index contributed by atoms with van der Waals surface area (Å²) in [5, 5.41) is 3.36. The molecule has 2 amide bonds. The third-order valence-electron chi connectivity index (χ3n) is 6.21. The first-order valence-corrected chi connectivity index (χ1v) is 14.6. The maximum Gasteiger partial charge on any atom is 0.244 e. The zero-order chi connectivity index (χ0) is 28.0. The van der Waals surface area contributed by atoms with E-state index < -0.39 is 28.5 Å². The summed E-state index contributed by atoms with van der Waals surface area (Å²) in [6, 6.07) is 20.1. The Morgan fingerprint density at radius 1 is 0.974 bits per heavy atom. The molecule has 1 aliphatic heterocycles. The van der Waals surface area contributed by atoms with Gasteiger partial charge in [-0.3, -0.25) is 13.9 Å². The van der Waals surface area contributed by atoms with Gasteiger partial charge in [0, 0.05) is 30.6 Å². The minimum Gasteiger partial charge on any atom is -0.454 e. The first-order chi connectivity index (χ1) is 18.7. The minimum absolute atomic E-state index is 0.0270. The second-order valence-electron chi connectivity index (χ2n) is 9.06. The first-order valence-electron chi connectivity index (χ1n) is 12.4. The van der Waals surface area contributed by atoms with Crippen LogP contribution in [0.15, 0.2) is 72.8 Å². The van der Waals surface area contributed by atoms with Gasteiger partial charge in [-0.05, 0) is 42.3 Å². The Morgan fingerprint density at radius 3 is 2.33 bits per heavy atom. The Balaban J connectivity index is 1.71.